The van der Waals surface area contributed by atoms with E-state index in [0.717, 1.165) is 23.5 Å². The molecule has 4 aliphatic heterocycles. The van der Waals surface area contributed by atoms with Crippen molar-refractivity contribution in [2.24, 2.45) is 11.3 Å². The second-order valence-corrected chi connectivity index (χ2v) is 11.6. The summed E-state index contributed by atoms with van der Waals surface area (Å²) in [5, 5.41) is 9.31. The molecular weight excluding hydrogens is 559 g/mol. The van der Waals surface area contributed by atoms with Crippen molar-refractivity contribution in [1.29, 1.82) is 0 Å². The Morgan fingerprint density at radius 2 is 1.73 bits per heavy atom. The van der Waals surface area contributed by atoms with E-state index < -0.39 is 30.3 Å². The van der Waals surface area contributed by atoms with Crippen LogP contribution in [0.1, 0.15) is 17.1 Å². The normalized spacial score (nSPS) is 20.9. The molecule has 6 heterocycles. The number of benzene rings is 1. The number of anilines is 2. The first-order chi connectivity index (χ1) is 19.0. The van der Waals surface area contributed by atoms with Crippen LogP contribution in [0.2, 0.25) is 5.02 Å². The Balaban J connectivity index is 1.10. The summed E-state index contributed by atoms with van der Waals surface area (Å²) < 4.78 is 75.9. The van der Waals surface area contributed by atoms with Crippen molar-refractivity contribution in [2.75, 3.05) is 55.7 Å². The number of ether oxygens (including phenoxy) is 1. The van der Waals surface area contributed by atoms with Crippen LogP contribution < -0.4 is 9.80 Å². The molecule has 0 atom stereocenters. The molecule has 0 unspecified atom stereocenters. The van der Waals surface area contributed by atoms with Crippen LogP contribution in [-0.4, -0.2) is 81.5 Å². The highest BCUT2D eigenvalue weighted by molar-refractivity contribution is 6.30. The molecule has 9 nitrogen and oxygen atoms in total. The summed E-state index contributed by atoms with van der Waals surface area (Å²) >= 11 is 6.29. The number of alkyl halides is 5. The first kappa shape index (κ1) is 25.8. The van der Waals surface area contributed by atoms with Gasteiger partial charge in [-0.15, -0.1) is 10.2 Å². The van der Waals surface area contributed by atoms with Crippen LogP contribution in [0.25, 0.3) is 5.69 Å². The van der Waals surface area contributed by atoms with E-state index in [-0.39, 0.29) is 37.7 Å². The predicted molar refractivity (Wildman–Crippen MR) is 134 cm³/mol. The summed E-state index contributed by atoms with van der Waals surface area (Å²) in [5.74, 6) is -2.50. The third-order valence-electron chi connectivity index (χ3n) is 8.03. The predicted octanol–water partition coefficient (Wildman–Crippen LogP) is 3.65. The Kier molecular flexibility index (Phi) is 5.78. The van der Waals surface area contributed by atoms with Gasteiger partial charge in [0.25, 0.3) is 5.92 Å². The van der Waals surface area contributed by atoms with E-state index >= 15 is 0 Å². The van der Waals surface area contributed by atoms with Crippen LogP contribution in [0.3, 0.4) is 0 Å². The highest BCUT2D eigenvalue weighted by Crippen LogP contribution is 2.44. The zero-order valence-corrected chi connectivity index (χ0v) is 21.8. The van der Waals surface area contributed by atoms with E-state index in [1.807, 2.05) is 10.6 Å². The van der Waals surface area contributed by atoms with Gasteiger partial charge in [-0.2, -0.15) is 13.2 Å². The van der Waals surface area contributed by atoms with E-state index in [4.69, 9.17) is 16.3 Å². The number of rotatable bonds is 5. The molecule has 40 heavy (non-hydrogen) atoms. The molecular formula is C25H24ClF5N8O. The molecule has 7 rings (SSSR count). The SMILES string of the molecule is FC(F)(F)c1ccnc(N2CC3(C2)CN(c2nnc4n2-c2ccc(Cl)cc2CN(CC(F)(F)C2COC2)C4)C3)n1. The Morgan fingerprint density at radius 3 is 2.42 bits per heavy atom. The summed E-state index contributed by atoms with van der Waals surface area (Å²) in [6, 6.07) is 6.24. The van der Waals surface area contributed by atoms with Crippen LogP contribution in [0.15, 0.2) is 30.5 Å². The minimum absolute atomic E-state index is 0.0532. The van der Waals surface area contributed by atoms with E-state index in [1.54, 1.807) is 21.9 Å². The fraction of sp³-hybridized carbons (Fsp3) is 0.520. The molecule has 4 aliphatic rings. The smallest absolute Gasteiger partial charge is 0.380 e. The lowest BCUT2D eigenvalue weighted by molar-refractivity contribution is -0.179. The molecule has 0 saturated carbocycles. The molecule has 0 amide bonds. The molecule has 0 N–H and O–H groups in total. The van der Waals surface area contributed by atoms with Crippen molar-refractivity contribution in [2.45, 2.75) is 25.2 Å². The number of halogens is 6. The van der Waals surface area contributed by atoms with Crippen molar-refractivity contribution in [3.63, 3.8) is 0 Å². The van der Waals surface area contributed by atoms with Gasteiger partial charge >= 0.3 is 6.18 Å². The van der Waals surface area contributed by atoms with E-state index in [0.29, 0.717) is 43.0 Å². The fourth-order valence-electron chi connectivity index (χ4n) is 5.94. The molecule has 0 bridgehead atoms. The summed E-state index contributed by atoms with van der Waals surface area (Å²) in [4.78, 5) is 13.2. The summed E-state index contributed by atoms with van der Waals surface area (Å²) in [7, 11) is 0. The van der Waals surface area contributed by atoms with Gasteiger partial charge in [0.05, 0.1) is 37.9 Å². The molecule has 3 fully saturated rings. The van der Waals surface area contributed by atoms with Crippen molar-refractivity contribution in [1.82, 2.24) is 29.6 Å². The van der Waals surface area contributed by atoms with Gasteiger partial charge in [0.1, 0.15) is 5.69 Å². The van der Waals surface area contributed by atoms with Gasteiger partial charge in [-0.05, 0) is 29.8 Å². The average Bonchev–Trinajstić information content (AvgIpc) is 3.11. The summed E-state index contributed by atoms with van der Waals surface area (Å²) in [5.41, 5.74) is 0.480. The molecule has 1 spiro atoms. The van der Waals surface area contributed by atoms with Crippen LogP contribution in [-0.2, 0) is 24.0 Å². The number of hydrogen-bond donors (Lipinski definition) is 0. The molecule has 3 aromatic rings. The maximum atomic E-state index is 14.9. The minimum atomic E-state index is -4.53. The Hall–Kier alpha value is -3.10. The lowest BCUT2D eigenvalue weighted by atomic mass is 9.73. The first-order valence-electron chi connectivity index (χ1n) is 12.8. The molecule has 2 aromatic heterocycles. The first-order valence-corrected chi connectivity index (χ1v) is 13.2. The van der Waals surface area contributed by atoms with Gasteiger partial charge in [0, 0.05) is 49.4 Å². The van der Waals surface area contributed by atoms with Gasteiger partial charge in [-0.1, -0.05) is 11.6 Å². The molecule has 1 aromatic carbocycles. The van der Waals surface area contributed by atoms with Gasteiger partial charge in [0.2, 0.25) is 11.9 Å². The largest absolute Gasteiger partial charge is 0.433 e. The Labute approximate surface area is 230 Å². The monoisotopic (exact) mass is 582 g/mol. The van der Waals surface area contributed by atoms with Crippen molar-refractivity contribution in [3.05, 3.63) is 52.6 Å². The topological polar surface area (TPSA) is 75.4 Å². The third-order valence-corrected chi connectivity index (χ3v) is 8.26. The number of nitrogens with zero attached hydrogens (tertiary/aromatic N) is 8. The molecule has 15 heteroatoms. The summed E-state index contributed by atoms with van der Waals surface area (Å²) in [6.45, 7) is 2.40. The van der Waals surface area contributed by atoms with Crippen LogP contribution in [0, 0.1) is 11.3 Å². The lowest BCUT2D eigenvalue weighted by Crippen LogP contribution is -2.73. The second-order valence-electron chi connectivity index (χ2n) is 11.1. The van der Waals surface area contributed by atoms with E-state index in [9.17, 15) is 22.0 Å². The molecule has 0 aliphatic carbocycles. The minimum Gasteiger partial charge on any atom is -0.380 e. The maximum absolute atomic E-state index is 14.9. The van der Waals surface area contributed by atoms with Crippen molar-refractivity contribution in [3.8, 4) is 5.69 Å². The van der Waals surface area contributed by atoms with E-state index in [1.165, 1.54) is 0 Å². The molecule has 212 valence electrons. The maximum Gasteiger partial charge on any atom is 0.433 e. The van der Waals surface area contributed by atoms with Crippen LogP contribution >= 0.6 is 11.6 Å². The Bertz CT molecular complexity index is 1450. The summed E-state index contributed by atoms with van der Waals surface area (Å²) in [6.07, 6.45) is -3.41. The molecule has 0 radical (unpaired) electrons. The number of fused-ring (bicyclic) bond motifs is 3. The second kappa shape index (κ2) is 8.95. The highest BCUT2D eigenvalue weighted by atomic mass is 35.5. The lowest BCUT2D eigenvalue weighted by Gasteiger charge is -2.60. The number of hydrogen-bond acceptors (Lipinski definition) is 8. The van der Waals surface area contributed by atoms with Gasteiger partial charge in [0.15, 0.2) is 5.82 Å². The number of aromatic nitrogens is 5. The van der Waals surface area contributed by atoms with Crippen LogP contribution in [0.5, 0.6) is 0 Å². The van der Waals surface area contributed by atoms with Crippen LogP contribution in [0.4, 0.5) is 33.8 Å². The van der Waals surface area contributed by atoms with E-state index in [2.05, 4.69) is 25.1 Å². The third kappa shape index (κ3) is 4.36. The van der Waals surface area contributed by atoms with Gasteiger partial charge < -0.3 is 14.5 Å². The Morgan fingerprint density at radius 1 is 0.975 bits per heavy atom. The van der Waals surface area contributed by atoms with Crippen molar-refractivity contribution >= 4 is 23.5 Å². The zero-order valence-electron chi connectivity index (χ0n) is 21.1. The molecule has 3 saturated heterocycles. The quantitative estimate of drug-likeness (QED) is 0.422. The van der Waals surface area contributed by atoms with Gasteiger partial charge in [-0.25, -0.2) is 18.7 Å². The average molecular weight is 583 g/mol. The fourth-order valence-corrected chi connectivity index (χ4v) is 6.14. The standard InChI is InChI=1S/C25H24ClF5N8O/c26-17-1-2-18-15(5-17)6-36(14-24(27,28)16-8-40-9-16)7-20-34-35-22(39(18)20)38-12-23(13-38)10-37(11-23)21-32-4-3-19(33-21)25(29,30)31/h1-5,16H,6-14H2. The highest BCUT2D eigenvalue weighted by Gasteiger charge is 2.54. The van der Waals surface area contributed by atoms with Gasteiger partial charge in [-0.3, -0.25) is 9.47 Å². The van der Waals surface area contributed by atoms with Crippen molar-refractivity contribution < 1.29 is 26.7 Å². The zero-order chi connectivity index (χ0) is 27.9.